The Hall–Kier alpha value is -1.82. The van der Waals surface area contributed by atoms with Gasteiger partial charge in [0.15, 0.2) is 0 Å². The Bertz CT molecular complexity index is 747. The molecule has 26 heavy (non-hydrogen) atoms. The number of nitrogens with zero attached hydrogens (tertiary/aromatic N) is 2. The third-order valence-electron chi connectivity index (χ3n) is 4.93. The molecule has 1 aromatic heterocycles. The molecule has 2 aromatic rings. The van der Waals surface area contributed by atoms with Gasteiger partial charge in [-0.3, -0.25) is 9.36 Å². The van der Waals surface area contributed by atoms with Crippen LogP contribution in [0, 0.1) is 5.92 Å². The number of hydrogen-bond donors (Lipinski definition) is 1. The minimum Gasteiger partial charge on any atom is -0.372 e. The van der Waals surface area contributed by atoms with E-state index in [0.717, 1.165) is 22.3 Å². The highest BCUT2D eigenvalue weighted by Gasteiger charge is 2.20. The summed E-state index contributed by atoms with van der Waals surface area (Å²) in [6, 6.07) is 6.13. The number of rotatable bonds is 2. The zero-order valence-electron chi connectivity index (χ0n) is 15.6. The summed E-state index contributed by atoms with van der Waals surface area (Å²) in [5, 5.41) is 1.20. The fourth-order valence-corrected chi connectivity index (χ4v) is 4.34. The Morgan fingerprint density at radius 1 is 1.27 bits per heavy atom. The molecular weight excluding hydrogens is 394 g/mol. The number of amides is 2. The van der Waals surface area contributed by atoms with Gasteiger partial charge < -0.3 is 10.6 Å². The van der Waals surface area contributed by atoms with Gasteiger partial charge in [-0.25, -0.2) is 4.79 Å². The summed E-state index contributed by atoms with van der Waals surface area (Å²) >= 11 is 3.69. The van der Waals surface area contributed by atoms with E-state index < -0.39 is 0 Å². The monoisotopic (exact) mass is 421 g/mol. The van der Waals surface area contributed by atoms with E-state index in [0.29, 0.717) is 0 Å². The van der Waals surface area contributed by atoms with Crippen LogP contribution in [0.25, 0.3) is 10.9 Å². The molecule has 0 atom stereocenters. The lowest BCUT2D eigenvalue weighted by atomic mass is 9.92. The summed E-state index contributed by atoms with van der Waals surface area (Å²) in [7, 11) is 3.61. The number of halogens is 1. The SMILES string of the molecule is CN(C)C(=O)n1cc(CC2CCCCCC2)c2c(Br)cccc21.NC=O. The van der Waals surface area contributed by atoms with Gasteiger partial charge in [-0.05, 0) is 30.0 Å². The second kappa shape index (κ2) is 9.76. The molecule has 6 heteroatoms. The van der Waals surface area contributed by atoms with Crippen LogP contribution in [-0.4, -0.2) is 36.0 Å². The molecule has 2 amide bonds. The zero-order chi connectivity index (χ0) is 19.1. The number of carbonyl (C=O) groups is 2. The molecule has 1 heterocycles. The van der Waals surface area contributed by atoms with Crippen molar-refractivity contribution in [3.8, 4) is 0 Å². The normalized spacial score (nSPS) is 15.0. The molecule has 142 valence electrons. The van der Waals surface area contributed by atoms with Crippen LogP contribution in [-0.2, 0) is 11.2 Å². The standard InChI is InChI=1S/C19H25BrN2O.CH3NO/c1-21(2)19(23)22-13-15(12-14-8-5-3-4-6-9-14)18-16(20)10-7-11-17(18)22;2-1-3/h7,10-11,13-14H,3-6,8-9,12H2,1-2H3;1H,(H2,2,3). The van der Waals surface area contributed by atoms with Gasteiger partial charge in [-0.2, -0.15) is 0 Å². The molecule has 0 saturated heterocycles. The summed E-state index contributed by atoms with van der Waals surface area (Å²) < 4.78 is 2.88. The maximum atomic E-state index is 12.5. The maximum absolute atomic E-state index is 12.5. The molecule has 1 fully saturated rings. The first-order chi connectivity index (χ1) is 12.5. The number of benzene rings is 1. The van der Waals surface area contributed by atoms with Crippen LogP contribution >= 0.6 is 15.9 Å². The van der Waals surface area contributed by atoms with E-state index in [4.69, 9.17) is 4.79 Å². The van der Waals surface area contributed by atoms with E-state index in [-0.39, 0.29) is 12.4 Å². The summed E-state index contributed by atoms with van der Waals surface area (Å²) in [4.78, 5) is 22.7. The van der Waals surface area contributed by atoms with Gasteiger partial charge in [-0.15, -0.1) is 0 Å². The van der Waals surface area contributed by atoms with Crippen molar-refractivity contribution in [3.63, 3.8) is 0 Å². The molecule has 1 aliphatic carbocycles. The molecule has 1 saturated carbocycles. The first kappa shape index (κ1) is 20.5. The van der Waals surface area contributed by atoms with Crippen LogP contribution in [0.2, 0.25) is 0 Å². The number of aromatic nitrogens is 1. The minimum absolute atomic E-state index is 0.0141. The first-order valence-corrected chi connectivity index (χ1v) is 9.94. The Morgan fingerprint density at radius 3 is 2.46 bits per heavy atom. The lowest BCUT2D eigenvalue weighted by molar-refractivity contribution is -0.106. The van der Waals surface area contributed by atoms with Crippen LogP contribution in [0.4, 0.5) is 4.79 Å². The Labute approximate surface area is 163 Å². The van der Waals surface area contributed by atoms with E-state index in [1.807, 2.05) is 12.1 Å². The first-order valence-electron chi connectivity index (χ1n) is 9.15. The van der Waals surface area contributed by atoms with Gasteiger partial charge in [0.1, 0.15) is 0 Å². The second-order valence-corrected chi connectivity index (χ2v) is 7.89. The lowest BCUT2D eigenvalue weighted by Gasteiger charge is -2.13. The lowest BCUT2D eigenvalue weighted by Crippen LogP contribution is -2.26. The van der Waals surface area contributed by atoms with Crippen molar-refractivity contribution in [3.05, 3.63) is 34.4 Å². The van der Waals surface area contributed by atoms with E-state index >= 15 is 0 Å². The largest absolute Gasteiger partial charge is 0.372 e. The van der Waals surface area contributed by atoms with Crippen molar-refractivity contribution >= 4 is 39.3 Å². The summed E-state index contributed by atoms with van der Waals surface area (Å²) in [6.45, 7) is 0. The minimum atomic E-state index is 0.0141. The Morgan fingerprint density at radius 2 is 1.88 bits per heavy atom. The average Bonchev–Trinajstić information content (AvgIpc) is 2.78. The van der Waals surface area contributed by atoms with Crippen molar-refractivity contribution in [2.45, 2.75) is 44.9 Å². The van der Waals surface area contributed by atoms with Crippen molar-refractivity contribution in [2.24, 2.45) is 11.7 Å². The number of nitrogens with two attached hydrogens (primary N) is 1. The Kier molecular flexibility index (Phi) is 7.69. The maximum Gasteiger partial charge on any atom is 0.328 e. The second-order valence-electron chi connectivity index (χ2n) is 7.03. The number of hydrogen-bond acceptors (Lipinski definition) is 2. The molecule has 1 aliphatic rings. The van der Waals surface area contributed by atoms with Gasteiger partial charge in [-0.1, -0.05) is 60.5 Å². The molecular formula is C20H28BrN3O2. The smallest absolute Gasteiger partial charge is 0.328 e. The average molecular weight is 422 g/mol. The quantitative estimate of drug-likeness (QED) is 0.570. The fourth-order valence-electron chi connectivity index (χ4n) is 3.73. The van der Waals surface area contributed by atoms with Gasteiger partial charge in [0.2, 0.25) is 6.41 Å². The van der Waals surface area contributed by atoms with Crippen molar-refractivity contribution < 1.29 is 9.59 Å². The topological polar surface area (TPSA) is 68.3 Å². The van der Waals surface area contributed by atoms with Gasteiger partial charge in [0, 0.05) is 30.2 Å². The summed E-state index contributed by atoms with van der Waals surface area (Å²) in [5.41, 5.74) is 6.47. The van der Waals surface area contributed by atoms with Crippen molar-refractivity contribution in [1.29, 1.82) is 0 Å². The Balaban J connectivity index is 0.000000758. The van der Waals surface area contributed by atoms with Crippen LogP contribution in [0.5, 0.6) is 0 Å². The molecule has 1 aromatic carbocycles. The highest BCUT2D eigenvalue weighted by molar-refractivity contribution is 9.10. The predicted octanol–water partition coefficient (Wildman–Crippen LogP) is 4.55. The molecule has 0 spiro atoms. The van der Waals surface area contributed by atoms with Gasteiger partial charge in [0.25, 0.3) is 0 Å². The predicted molar refractivity (Wildman–Crippen MR) is 109 cm³/mol. The van der Waals surface area contributed by atoms with Gasteiger partial charge in [0.05, 0.1) is 5.52 Å². The van der Waals surface area contributed by atoms with Crippen LogP contribution in [0.1, 0.15) is 44.1 Å². The molecule has 0 aliphatic heterocycles. The molecule has 2 N–H and O–H groups in total. The van der Waals surface area contributed by atoms with E-state index in [9.17, 15) is 4.79 Å². The highest BCUT2D eigenvalue weighted by atomic mass is 79.9. The fraction of sp³-hybridized carbons (Fsp3) is 0.500. The molecule has 5 nitrogen and oxygen atoms in total. The van der Waals surface area contributed by atoms with Crippen LogP contribution in [0.15, 0.2) is 28.9 Å². The molecule has 3 rings (SSSR count). The highest BCUT2D eigenvalue weighted by Crippen LogP contribution is 2.33. The molecule has 0 bridgehead atoms. The van der Waals surface area contributed by atoms with Crippen LogP contribution < -0.4 is 5.73 Å². The zero-order valence-corrected chi connectivity index (χ0v) is 17.2. The van der Waals surface area contributed by atoms with Crippen molar-refractivity contribution in [1.82, 2.24) is 9.47 Å². The summed E-state index contributed by atoms with van der Waals surface area (Å²) in [6.07, 6.45) is 11.5. The molecule has 0 radical (unpaired) electrons. The third-order valence-corrected chi connectivity index (χ3v) is 5.59. The number of carbonyl (C=O) groups excluding carboxylic acids is 2. The van der Waals surface area contributed by atoms with E-state index in [2.05, 4.69) is 33.9 Å². The van der Waals surface area contributed by atoms with E-state index in [1.165, 1.54) is 49.5 Å². The van der Waals surface area contributed by atoms with E-state index in [1.54, 1.807) is 23.6 Å². The van der Waals surface area contributed by atoms with Gasteiger partial charge >= 0.3 is 6.03 Å². The van der Waals surface area contributed by atoms with Crippen molar-refractivity contribution in [2.75, 3.05) is 14.1 Å². The summed E-state index contributed by atoms with van der Waals surface area (Å²) in [5.74, 6) is 0.748. The number of primary amides is 1. The number of fused-ring (bicyclic) bond motifs is 1. The van der Waals surface area contributed by atoms with Crippen LogP contribution in [0.3, 0.4) is 0 Å². The molecule has 0 unspecified atom stereocenters. The third kappa shape index (κ3) is 4.87.